The number of amides is 1. The van der Waals surface area contributed by atoms with Gasteiger partial charge in [-0.1, -0.05) is 53.7 Å². The lowest BCUT2D eigenvalue weighted by Gasteiger charge is -2.26. The van der Waals surface area contributed by atoms with Gasteiger partial charge in [0.25, 0.3) is 10.0 Å². The molecule has 0 aromatic heterocycles. The van der Waals surface area contributed by atoms with Gasteiger partial charge in [-0.15, -0.1) is 0 Å². The van der Waals surface area contributed by atoms with Crippen molar-refractivity contribution in [3.8, 4) is 0 Å². The lowest BCUT2D eigenvalue weighted by Crippen LogP contribution is -2.33. The first-order valence-corrected chi connectivity index (χ1v) is 10.2. The van der Waals surface area contributed by atoms with Crippen molar-refractivity contribution >= 4 is 15.9 Å². The SMILES string of the molecule is CC(C)c1cc(C(C)C)c(S(=O)(=O)N2CCCC2=O)c(C(C)C)c1. The van der Waals surface area contributed by atoms with Crippen molar-refractivity contribution in [1.82, 2.24) is 4.31 Å². The molecular formula is C19H29NO3S. The average Bonchev–Trinajstić information content (AvgIpc) is 2.92. The Morgan fingerprint density at radius 1 is 0.917 bits per heavy atom. The summed E-state index contributed by atoms with van der Waals surface area (Å²) in [5.74, 6) is 0.185. The van der Waals surface area contributed by atoms with E-state index in [1.54, 1.807) is 0 Å². The highest BCUT2D eigenvalue weighted by Crippen LogP contribution is 2.37. The normalized spacial score (nSPS) is 16.0. The molecule has 1 heterocycles. The lowest BCUT2D eigenvalue weighted by atomic mass is 9.89. The summed E-state index contributed by atoms with van der Waals surface area (Å²) in [5.41, 5.74) is 2.79. The quantitative estimate of drug-likeness (QED) is 0.791. The standard InChI is InChI=1S/C19H29NO3S/c1-12(2)15-10-16(13(3)4)19(17(11-15)14(5)6)24(22,23)20-9-7-8-18(20)21/h10-14H,7-9H2,1-6H3. The Balaban J connectivity index is 2.78. The first kappa shape index (κ1) is 19.0. The molecular weight excluding hydrogens is 322 g/mol. The fourth-order valence-electron chi connectivity index (χ4n) is 3.18. The molecule has 24 heavy (non-hydrogen) atoms. The topological polar surface area (TPSA) is 54.5 Å². The maximum Gasteiger partial charge on any atom is 0.267 e. The molecule has 1 aliphatic heterocycles. The number of hydrogen-bond donors (Lipinski definition) is 0. The van der Waals surface area contributed by atoms with Gasteiger partial charge in [0, 0.05) is 13.0 Å². The Morgan fingerprint density at radius 3 is 1.75 bits per heavy atom. The Morgan fingerprint density at radius 2 is 1.42 bits per heavy atom. The summed E-state index contributed by atoms with van der Waals surface area (Å²) in [5, 5.41) is 0. The second-order valence-electron chi connectivity index (χ2n) is 7.57. The monoisotopic (exact) mass is 351 g/mol. The summed E-state index contributed by atoms with van der Waals surface area (Å²) in [6.45, 7) is 12.6. The average molecular weight is 352 g/mol. The molecule has 0 radical (unpaired) electrons. The van der Waals surface area contributed by atoms with Gasteiger partial charge in [0.2, 0.25) is 5.91 Å². The van der Waals surface area contributed by atoms with Crippen LogP contribution >= 0.6 is 0 Å². The number of carbonyl (C=O) groups is 1. The van der Waals surface area contributed by atoms with E-state index < -0.39 is 10.0 Å². The summed E-state index contributed by atoms with van der Waals surface area (Å²) < 4.78 is 27.6. The van der Waals surface area contributed by atoms with Crippen LogP contribution in [-0.2, 0) is 14.8 Å². The first-order chi connectivity index (χ1) is 11.1. The van der Waals surface area contributed by atoms with Gasteiger partial charge >= 0.3 is 0 Å². The minimum absolute atomic E-state index is 0.0729. The zero-order chi connectivity index (χ0) is 18.2. The summed E-state index contributed by atoms with van der Waals surface area (Å²) in [4.78, 5) is 12.4. The molecule has 134 valence electrons. The number of sulfonamides is 1. The maximum atomic E-state index is 13.3. The molecule has 0 atom stereocenters. The molecule has 1 saturated heterocycles. The number of nitrogens with zero attached hydrogens (tertiary/aromatic N) is 1. The zero-order valence-corrected chi connectivity index (χ0v) is 16.4. The van der Waals surface area contributed by atoms with Crippen molar-refractivity contribution in [3.63, 3.8) is 0 Å². The summed E-state index contributed by atoms with van der Waals surface area (Å²) in [6, 6.07) is 4.02. The van der Waals surface area contributed by atoms with Gasteiger partial charge in [0.15, 0.2) is 0 Å². The second kappa shape index (κ2) is 6.87. The molecule has 0 aliphatic carbocycles. The van der Waals surface area contributed by atoms with Crippen LogP contribution in [0.2, 0.25) is 0 Å². The van der Waals surface area contributed by atoms with Gasteiger partial charge in [-0.05, 0) is 40.9 Å². The van der Waals surface area contributed by atoms with Crippen LogP contribution in [0.15, 0.2) is 17.0 Å². The van der Waals surface area contributed by atoms with Crippen LogP contribution in [0.4, 0.5) is 0 Å². The lowest BCUT2D eigenvalue weighted by molar-refractivity contribution is -0.123. The predicted octanol–water partition coefficient (Wildman–Crippen LogP) is 4.37. The zero-order valence-electron chi connectivity index (χ0n) is 15.6. The van der Waals surface area contributed by atoms with Crippen LogP contribution in [0.3, 0.4) is 0 Å². The van der Waals surface area contributed by atoms with Crippen molar-refractivity contribution in [1.29, 1.82) is 0 Å². The molecule has 0 unspecified atom stereocenters. The smallest absolute Gasteiger partial charge is 0.267 e. The first-order valence-electron chi connectivity index (χ1n) is 8.80. The van der Waals surface area contributed by atoms with Crippen molar-refractivity contribution < 1.29 is 13.2 Å². The van der Waals surface area contributed by atoms with Gasteiger partial charge < -0.3 is 0 Å². The maximum absolute atomic E-state index is 13.3. The summed E-state index contributed by atoms with van der Waals surface area (Å²) in [7, 11) is -3.80. The van der Waals surface area contributed by atoms with E-state index in [9.17, 15) is 13.2 Å². The molecule has 5 heteroatoms. The van der Waals surface area contributed by atoms with Gasteiger partial charge in [-0.25, -0.2) is 12.7 Å². The van der Waals surface area contributed by atoms with Gasteiger partial charge in [-0.2, -0.15) is 0 Å². The van der Waals surface area contributed by atoms with E-state index in [0.717, 1.165) is 21.0 Å². The minimum atomic E-state index is -3.80. The number of benzene rings is 1. The second-order valence-corrected chi connectivity index (χ2v) is 9.37. The van der Waals surface area contributed by atoms with E-state index in [0.29, 0.717) is 30.2 Å². The van der Waals surface area contributed by atoms with Crippen molar-refractivity contribution in [2.75, 3.05) is 6.54 Å². The fourth-order valence-corrected chi connectivity index (χ4v) is 5.31. The molecule has 1 fully saturated rings. The van der Waals surface area contributed by atoms with Gasteiger partial charge in [-0.3, -0.25) is 4.79 Å². The van der Waals surface area contributed by atoms with E-state index in [1.165, 1.54) is 0 Å². The molecule has 1 amide bonds. The fraction of sp³-hybridized carbons (Fsp3) is 0.632. The molecule has 2 rings (SSSR count). The molecule has 0 spiro atoms. The molecule has 0 bridgehead atoms. The van der Waals surface area contributed by atoms with E-state index in [-0.39, 0.29) is 17.7 Å². The molecule has 4 nitrogen and oxygen atoms in total. The highest BCUT2D eigenvalue weighted by Gasteiger charge is 2.37. The Labute approximate surface area is 146 Å². The van der Waals surface area contributed by atoms with Crippen LogP contribution in [0, 0.1) is 0 Å². The van der Waals surface area contributed by atoms with Crippen LogP contribution in [0.1, 0.15) is 88.8 Å². The van der Waals surface area contributed by atoms with Gasteiger partial charge in [0.05, 0.1) is 4.90 Å². The van der Waals surface area contributed by atoms with Crippen LogP contribution < -0.4 is 0 Å². The predicted molar refractivity (Wildman–Crippen MR) is 96.8 cm³/mol. The van der Waals surface area contributed by atoms with E-state index >= 15 is 0 Å². The molecule has 0 saturated carbocycles. The molecule has 1 aromatic rings. The summed E-state index contributed by atoms with van der Waals surface area (Å²) in [6.07, 6.45) is 0.924. The Bertz CT molecular complexity index is 704. The van der Waals surface area contributed by atoms with E-state index in [1.807, 2.05) is 39.8 Å². The van der Waals surface area contributed by atoms with Crippen molar-refractivity contribution in [2.24, 2.45) is 0 Å². The number of rotatable bonds is 5. The molecule has 1 aromatic carbocycles. The summed E-state index contributed by atoms with van der Waals surface area (Å²) >= 11 is 0. The number of hydrogen-bond acceptors (Lipinski definition) is 3. The third kappa shape index (κ3) is 3.37. The Hall–Kier alpha value is -1.36. The molecule has 1 aliphatic rings. The van der Waals surface area contributed by atoms with E-state index in [2.05, 4.69) is 13.8 Å². The van der Waals surface area contributed by atoms with Gasteiger partial charge in [0.1, 0.15) is 0 Å². The highest BCUT2D eigenvalue weighted by molar-refractivity contribution is 7.89. The molecule has 0 N–H and O–H groups in total. The third-order valence-corrected chi connectivity index (χ3v) is 6.61. The largest absolute Gasteiger partial charge is 0.274 e. The van der Waals surface area contributed by atoms with Crippen LogP contribution in [0.25, 0.3) is 0 Å². The van der Waals surface area contributed by atoms with Crippen molar-refractivity contribution in [3.05, 3.63) is 28.8 Å². The van der Waals surface area contributed by atoms with Crippen molar-refractivity contribution in [2.45, 2.75) is 77.0 Å². The third-order valence-electron chi connectivity index (χ3n) is 4.66. The van der Waals surface area contributed by atoms with Crippen LogP contribution in [0.5, 0.6) is 0 Å². The van der Waals surface area contributed by atoms with E-state index in [4.69, 9.17) is 0 Å². The van der Waals surface area contributed by atoms with Crippen LogP contribution in [-0.4, -0.2) is 25.2 Å². The highest BCUT2D eigenvalue weighted by atomic mass is 32.2. The number of carbonyl (C=O) groups excluding carboxylic acids is 1. The minimum Gasteiger partial charge on any atom is -0.274 e. The Kier molecular flexibility index (Phi) is 5.43.